The average Bonchev–Trinajstić information content (AvgIpc) is 3.18. The van der Waals surface area contributed by atoms with E-state index in [0.29, 0.717) is 32.5 Å². The van der Waals surface area contributed by atoms with Crippen molar-refractivity contribution < 1.29 is 14.4 Å². The lowest BCUT2D eigenvalue weighted by Crippen LogP contribution is -2.44. The molecule has 0 bridgehead atoms. The van der Waals surface area contributed by atoms with Crippen LogP contribution in [0.2, 0.25) is 0 Å². The molecular weight excluding hydrogens is 390 g/mol. The van der Waals surface area contributed by atoms with Crippen molar-refractivity contribution in [2.45, 2.75) is 33.1 Å². The number of aryl methyl sites for hydroxylation is 2. The summed E-state index contributed by atoms with van der Waals surface area (Å²) in [6.45, 7) is 5.61. The monoisotopic (exact) mass is 419 g/mol. The normalized spacial score (nSPS) is 19.5. The molecule has 6 heteroatoms. The van der Waals surface area contributed by atoms with E-state index < -0.39 is 0 Å². The summed E-state index contributed by atoms with van der Waals surface area (Å²) < 4.78 is 0. The van der Waals surface area contributed by atoms with Gasteiger partial charge in [-0.15, -0.1) is 0 Å². The van der Waals surface area contributed by atoms with Gasteiger partial charge in [-0.1, -0.05) is 24.3 Å². The summed E-state index contributed by atoms with van der Waals surface area (Å²) in [5, 5.41) is 3.01. The highest BCUT2D eigenvalue weighted by molar-refractivity contribution is 6.00. The predicted molar refractivity (Wildman–Crippen MR) is 121 cm³/mol. The summed E-state index contributed by atoms with van der Waals surface area (Å²) in [6.07, 6.45) is 1.54. The molecule has 2 aliphatic heterocycles. The van der Waals surface area contributed by atoms with Crippen LogP contribution in [0.3, 0.4) is 0 Å². The fourth-order valence-corrected chi connectivity index (χ4v) is 4.41. The number of likely N-dealkylation sites (tertiary alicyclic amines) is 1. The molecular formula is C25H29N3O3. The van der Waals surface area contributed by atoms with E-state index in [4.69, 9.17) is 0 Å². The van der Waals surface area contributed by atoms with E-state index in [-0.39, 0.29) is 36.0 Å². The number of anilines is 2. The Kier molecular flexibility index (Phi) is 6.07. The largest absolute Gasteiger partial charge is 0.342 e. The summed E-state index contributed by atoms with van der Waals surface area (Å²) >= 11 is 0. The standard InChI is InChI=1S/C25H29N3O3/c1-17-8-9-21(14-18(17)2)26-24(30)19-10-12-27(13-11-19)25(31)20-15-23(29)28(16-20)22-6-4-3-5-7-22/h3-9,14,19-20H,10-13,15-16H2,1-2H3,(H,26,30). The van der Waals surface area contributed by atoms with Gasteiger partial charge in [0.05, 0.1) is 5.92 Å². The smallest absolute Gasteiger partial charge is 0.228 e. The number of rotatable bonds is 4. The minimum absolute atomic E-state index is 0.00722. The van der Waals surface area contributed by atoms with Gasteiger partial charge >= 0.3 is 0 Å². The highest BCUT2D eigenvalue weighted by atomic mass is 16.2. The van der Waals surface area contributed by atoms with Crippen LogP contribution in [0.1, 0.15) is 30.4 Å². The van der Waals surface area contributed by atoms with Crippen molar-refractivity contribution in [2.75, 3.05) is 29.9 Å². The van der Waals surface area contributed by atoms with Crippen LogP contribution in [0.5, 0.6) is 0 Å². The molecule has 1 atom stereocenters. The number of hydrogen-bond donors (Lipinski definition) is 1. The molecule has 0 aliphatic carbocycles. The van der Waals surface area contributed by atoms with Gasteiger partial charge in [0.25, 0.3) is 0 Å². The van der Waals surface area contributed by atoms with Crippen LogP contribution in [0, 0.1) is 25.7 Å². The van der Waals surface area contributed by atoms with Gasteiger partial charge in [0, 0.05) is 43.3 Å². The zero-order valence-electron chi connectivity index (χ0n) is 18.1. The molecule has 0 spiro atoms. The van der Waals surface area contributed by atoms with Crippen LogP contribution < -0.4 is 10.2 Å². The molecule has 0 radical (unpaired) electrons. The maximum absolute atomic E-state index is 13.0. The molecule has 2 fully saturated rings. The second-order valence-corrected chi connectivity index (χ2v) is 8.63. The number of nitrogens with one attached hydrogen (secondary N) is 1. The molecule has 1 unspecified atom stereocenters. The molecule has 0 saturated carbocycles. The number of benzene rings is 2. The Labute approximate surface area is 183 Å². The van der Waals surface area contributed by atoms with Crippen molar-refractivity contribution in [3.8, 4) is 0 Å². The lowest BCUT2D eigenvalue weighted by Gasteiger charge is -2.33. The lowest BCUT2D eigenvalue weighted by atomic mass is 9.94. The number of carbonyl (C=O) groups excluding carboxylic acids is 3. The van der Waals surface area contributed by atoms with Crippen LogP contribution in [-0.4, -0.2) is 42.3 Å². The predicted octanol–water partition coefficient (Wildman–Crippen LogP) is 3.53. The number of hydrogen-bond acceptors (Lipinski definition) is 3. The van der Waals surface area contributed by atoms with E-state index in [1.54, 1.807) is 4.90 Å². The van der Waals surface area contributed by atoms with Gasteiger partial charge in [-0.2, -0.15) is 0 Å². The van der Waals surface area contributed by atoms with Gasteiger partial charge in [-0.25, -0.2) is 0 Å². The van der Waals surface area contributed by atoms with E-state index in [9.17, 15) is 14.4 Å². The SMILES string of the molecule is Cc1ccc(NC(=O)C2CCN(C(=O)C3CC(=O)N(c4ccccc4)C3)CC2)cc1C. The maximum Gasteiger partial charge on any atom is 0.228 e. The van der Waals surface area contributed by atoms with E-state index in [2.05, 4.69) is 5.32 Å². The Morgan fingerprint density at radius 2 is 1.65 bits per heavy atom. The zero-order valence-corrected chi connectivity index (χ0v) is 18.1. The Morgan fingerprint density at radius 1 is 0.935 bits per heavy atom. The lowest BCUT2D eigenvalue weighted by molar-refractivity contribution is -0.138. The van der Waals surface area contributed by atoms with Crippen molar-refractivity contribution >= 4 is 29.1 Å². The second-order valence-electron chi connectivity index (χ2n) is 8.63. The van der Waals surface area contributed by atoms with Gasteiger partial charge in [-0.3, -0.25) is 14.4 Å². The van der Waals surface area contributed by atoms with Gasteiger partial charge < -0.3 is 15.1 Å². The van der Waals surface area contributed by atoms with E-state index >= 15 is 0 Å². The first-order chi connectivity index (χ1) is 14.9. The molecule has 2 saturated heterocycles. The van der Waals surface area contributed by atoms with Crippen LogP contribution >= 0.6 is 0 Å². The Hall–Kier alpha value is -3.15. The summed E-state index contributed by atoms with van der Waals surface area (Å²) in [4.78, 5) is 41.6. The molecule has 162 valence electrons. The first-order valence-corrected chi connectivity index (χ1v) is 10.9. The topological polar surface area (TPSA) is 69.7 Å². The second kappa shape index (κ2) is 8.92. The Bertz CT molecular complexity index is 981. The van der Waals surface area contributed by atoms with Crippen LogP contribution in [0.4, 0.5) is 11.4 Å². The molecule has 1 N–H and O–H groups in total. The van der Waals surface area contributed by atoms with E-state index in [0.717, 1.165) is 16.9 Å². The first-order valence-electron chi connectivity index (χ1n) is 10.9. The maximum atomic E-state index is 13.0. The fraction of sp³-hybridized carbons (Fsp3) is 0.400. The van der Waals surface area contributed by atoms with Gasteiger partial charge in [0.1, 0.15) is 0 Å². The van der Waals surface area contributed by atoms with Crippen molar-refractivity contribution in [1.82, 2.24) is 4.90 Å². The molecule has 4 rings (SSSR count). The highest BCUT2D eigenvalue weighted by Crippen LogP contribution is 2.28. The third-order valence-corrected chi connectivity index (χ3v) is 6.49. The Morgan fingerprint density at radius 3 is 2.32 bits per heavy atom. The van der Waals surface area contributed by atoms with Crippen molar-refractivity contribution in [1.29, 1.82) is 0 Å². The molecule has 2 aliphatic rings. The van der Waals surface area contributed by atoms with Crippen LogP contribution in [0.15, 0.2) is 48.5 Å². The van der Waals surface area contributed by atoms with Gasteiger partial charge in [-0.05, 0) is 62.1 Å². The molecule has 31 heavy (non-hydrogen) atoms. The quantitative estimate of drug-likeness (QED) is 0.824. The van der Waals surface area contributed by atoms with Gasteiger partial charge in [0.15, 0.2) is 0 Å². The third kappa shape index (κ3) is 4.63. The minimum Gasteiger partial charge on any atom is -0.342 e. The summed E-state index contributed by atoms with van der Waals surface area (Å²) in [6, 6.07) is 15.4. The van der Waals surface area contributed by atoms with E-state index in [1.807, 2.05) is 67.3 Å². The van der Waals surface area contributed by atoms with Crippen LogP contribution in [-0.2, 0) is 14.4 Å². The van der Waals surface area contributed by atoms with Crippen LogP contribution in [0.25, 0.3) is 0 Å². The number of amides is 3. The summed E-state index contributed by atoms with van der Waals surface area (Å²) in [5.41, 5.74) is 4.00. The number of nitrogens with zero attached hydrogens (tertiary/aromatic N) is 2. The third-order valence-electron chi connectivity index (χ3n) is 6.49. The van der Waals surface area contributed by atoms with Crippen molar-refractivity contribution in [3.63, 3.8) is 0 Å². The zero-order chi connectivity index (χ0) is 22.0. The van der Waals surface area contributed by atoms with E-state index in [1.165, 1.54) is 5.56 Å². The number of para-hydroxylation sites is 1. The summed E-state index contributed by atoms with van der Waals surface area (Å²) in [7, 11) is 0. The van der Waals surface area contributed by atoms with Crippen molar-refractivity contribution in [2.24, 2.45) is 11.8 Å². The molecule has 3 amide bonds. The molecule has 6 nitrogen and oxygen atoms in total. The van der Waals surface area contributed by atoms with Gasteiger partial charge in [0.2, 0.25) is 17.7 Å². The number of piperidine rings is 1. The highest BCUT2D eigenvalue weighted by Gasteiger charge is 2.38. The molecule has 0 aromatic heterocycles. The average molecular weight is 420 g/mol. The fourth-order valence-electron chi connectivity index (χ4n) is 4.41. The molecule has 2 heterocycles. The molecule has 2 aromatic carbocycles. The van der Waals surface area contributed by atoms with Crippen molar-refractivity contribution in [3.05, 3.63) is 59.7 Å². The molecule has 2 aromatic rings. The minimum atomic E-state index is -0.311. The Balaban J connectivity index is 1.30. The first kappa shape index (κ1) is 21.1. The summed E-state index contributed by atoms with van der Waals surface area (Å²) in [5.74, 6) is -0.376. The number of carbonyl (C=O) groups is 3.